The molecule has 114 valence electrons. The molecule has 2 amide bonds. The number of aliphatic hydroxyl groups is 1. The number of aliphatic hydroxyl groups excluding tert-OH is 1. The van der Waals surface area contributed by atoms with E-state index < -0.39 is 5.97 Å². The number of hydrogen-bond donors (Lipinski definition) is 3. The average Bonchev–Trinajstić information content (AvgIpc) is 2.76. The van der Waals surface area contributed by atoms with Crippen molar-refractivity contribution in [3.05, 3.63) is 22.2 Å². The van der Waals surface area contributed by atoms with Gasteiger partial charge in [-0.05, 0) is 11.8 Å². The number of fused-ring (bicyclic) bond motifs is 1. The standard InChI is InChI=1S/C13H16N2O5S/c1-7(17)14-3-5-21-10-6-9-8(2-4-16)12(18)15(9)11(10)13(19)20/h3,5,8-9,16H,2,4,6H2,1H3,(H,14,17)(H,19,20)/b5-3+/t8-,9+/m0/s1. The molecule has 0 spiro atoms. The fourth-order valence-corrected chi connectivity index (χ4v) is 3.45. The number of β-lactam (4-membered cyclic amide) rings is 1. The summed E-state index contributed by atoms with van der Waals surface area (Å²) in [6, 6.07) is -0.174. The van der Waals surface area contributed by atoms with Crippen molar-refractivity contribution in [3.63, 3.8) is 0 Å². The third-order valence-corrected chi connectivity index (χ3v) is 4.37. The topological polar surface area (TPSA) is 107 Å². The van der Waals surface area contributed by atoms with E-state index in [1.165, 1.54) is 29.8 Å². The Labute approximate surface area is 125 Å². The van der Waals surface area contributed by atoms with Crippen LogP contribution in [0.5, 0.6) is 0 Å². The molecule has 1 fully saturated rings. The predicted molar refractivity (Wildman–Crippen MR) is 75.7 cm³/mol. The van der Waals surface area contributed by atoms with Crippen molar-refractivity contribution in [2.75, 3.05) is 6.61 Å². The van der Waals surface area contributed by atoms with Crippen LogP contribution >= 0.6 is 11.8 Å². The number of amides is 2. The van der Waals surface area contributed by atoms with E-state index in [9.17, 15) is 19.5 Å². The SMILES string of the molecule is CC(=O)N/C=C/SC1=C(C(=O)O)N2C(=O)[C@@H](CCO)[C@H]2C1. The number of aliphatic carboxylic acids is 1. The van der Waals surface area contributed by atoms with E-state index in [0.29, 0.717) is 17.7 Å². The Kier molecular flexibility index (Phi) is 4.69. The van der Waals surface area contributed by atoms with Crippen LogP contribution in [0.25, 0.3) is 0 Å². The average molecular weight is 312 g/mol. The molecule has 0 saturated carbocycles. The minimum atomic E-state index is -1.14. The molecule has 3 N–H and O–H groups in total. The zero-order valence-corrected chi connectivity index (χ0v) is 12.2. The fourth-order valence-electron chi connectivity index (χ4n) is 2.58. The third kappa shape index (κ3) is 2.96. The van der Waals surface area contributed by atoms with Crippen LogP contribution in [0.4, 0.5) is 0 Å². The predicted octanol–water partition coefficient (Wildman–Crippen LogP) is 0.236. The molecule has 0 aliphatic carbocycles. The molecule has 2 aliphatic rings. The molecule has 2 rings (SSSR count). The fraction of sp³-hybridized carbons (Fsp3) is 0.462. The van der Waals surface area contributed by atoms with Gasteiger partial charge in [-0.15, -0.1) is 0 Å². The highest BCUT2D eigenvalue weighted by molar-refractivity contribution is 8.05. The molecule has 2 atom stereocenters. The lowest BCUT2D eigenvalue weighted by Crippen LogP contribution is -2.58. The zero-order chi connectivity index (χ0) is 15.6. The van der Waals surface area contributed by atoms with E-state index in [0.717, 1.165) is 0 Å². The summed E-state index contributed by atoms with van der Waals surface area (Å²) >= 11 is 1.18. The summed E-state index contributed by atoms with van der Waals surface area (Å²) in [7, 11) is 0. The van der Waals surface area contributed by atoms with Crippen molar-refractivity contribution in [3.8, 4) is 0 Å². The molecule has 1 saturated heterocycles. The molecule has 0 aromatic rings. The van der Waals surface area contributed by atoms with Gasteiger partial charge >= 0.3 is 5.97 Å². The summed E-state index contributed by atoms with van der Waals surface area (Å²) in [4.78, 5) is 35.9. The summed E-state index contributed by atoms with van der Waals surface area (Å²) in [5, 5.41) is 22.3. The van der Waals surface area contributed by atoms with E-state index >= 15 is 0 Å². The van der Waals surface area contributed by atoms with Gasteiger partial charge in [-0.1, -0.05) is 11.8 Å². The Morgan fingerprint density at radius 1 is 1.52 bits per heavy atom. The first kappa shape index (κ1) is 15.6. The van der Waals surface area contributed by atoms with Crippen LogP contribution in [0.1, 0.15) is 19.8 Å². The van der Waals surface area contributed by atoms with Crippen molar-refractivity contribution in [2.45, 2.75) is 25.8 Å². The minimum Gasteiger partial charge on any atom is -0.477 e. The molecular formula is C13H16N2O5S. The van der Waals surface area contributed by atoms with Gasteiger partial charge in [0.1, 0.15) is 5.70 Å². The van der Waals surface area contributed by atoms with E-state index in [2.05, 4.69) is 5.32 Å². The molecular weight excluding hydrogens is 296 g/mol. The first-order valence-corrected chi connectivity index (χ1v) is 7.34. The van der Waals surface area contributed by atoms with Gasteiger partial charge in [-0.25, -0.2) is 4.79 Å². The molecule has 0 radical (unpaired) electrons. The van der Waals surface area contributed by atoms with Crippen LogP contribution in [0.2, 0.25) is 0 Å². The van der Waals surface area contributed by atoms with Crippen LogP contribution in [-0.4, -0.2) is 45.5 Å². The van der Waals surface area contributed by atoms with E-state index in [1.54, 1.807) is 5.41 Å². The van der Waals surface area contributed by atoms with E-state index in [-0.39, 0.29) is 36.1 Å². The summed E-state index contributed by atoms with van der Waals surface area (Å²) in [5.41, 5.74) is 0.0108. The van der Waals surface area contributed by atoms with Gasteiger partial charge in [-0.2, -0.15) is 0 Å². The van der Waals surface area contributed by atoms with Crippen LogP contribution in [0.3, 0.4) is 0 Å². The lowest BCUT2D eigenvalue weighted by molar-refractivity contribution is -0.155. The van der Waals surface area contributed by atoms with Crippen molar-refractivity contribution in [2.24, 2.45) is 5.92 Å². The number of thioether (sulfide) groups is 1. The molecule has 7 nitrogen and oxygen atoms in total. The monoisotopic (exact) mass is 312 g/mol. The highest BCUT2D eigenvalue weighted by atomic mass is 32.2. The highest BCUT2D eigenvalue weighted by Crippen LogP contribution is 2.47. The number of hydrogen-bond acceptors (Lipinski definition) is 5. The maximum Gasteiger partial charge on any atom is 0.353 e. The molecule has 0 aromatic heterocycles. The van der Waals surface area contributed by atoms with Gasteiger partial charge in [0.25, 0.3) is 0 Å². The highest BCUT2D eigenvalue weighted by Gasteiger charge is 2.54. The molecule has 2 aliphatic heterocycles. The largest absolute Gasteiger partial charge is 0.477 e. The van der Waals surface area contributed by atoms with Gasteiger partial charge in [0.05, 0.1) is 12.0 Å². The van der Waals surface area contributed by atoms with E-state index in [1.807, 2.05) is 0 Å². The van der Waals surface area contributed by atoms with Crippen molar-refractivity contribution >= 4 is 29.5 Å². The molecule has 0 bridgehead atoms. The molecule has 21 heavy (non-hydrogen) atoms. The zero-order valence-electron chi connectivity index (χ0n) is 11.4. The van der Waals surface area contributed by atoms with Gasteiger partial charge in [0.15, 0.2) is 0 Å². The van der Waals surface area contributed by atoms with Gasteiger partial charge in [-0.3, -0.25) is 9.59 Å². The Morgan fingerprint density at radius 3 is 2.81 bits per heavy atom. The minimum absolute atomic E-state index is 0.0108. The molecule has 0 aromatic carbocycles. The first-order chi connectivity index (χ1) is 9.97. The summed E-state index contributed by atoms with van der Waals surface area (Å²) in [6.45, 7) is 1.28. The van der Waals surface area contributed by atoms with Crippen LogP contribution in [0.15, 0.2) is 22.2 Å². The number of rotatable bonds is 6. The Hall–Kier alpha value is -1.80. The second-order valence-corrected chi connectivity index (χ2v) is 5.80. The Balaban J connectivity index is 2.09. The molecule has 0 unspecified atom stereocenters. The number of nitrogens with one attached hydrogen (secondary N) is 1. The van der Waals surface area contributed by atoms with Gasteiger partial charge in [0, 0.05) is 31.1 Å². The smallest absolute Gasteiger partial charge is 0.353 e. The first-order valence-electron chi connectivity index (χ1n) is 6.46. The van der Waals surface area contributed by atoms with Crippen LogP contribution in [0, 0.1) is 5.92 Å². The lowest BCUT2D eigenvalue weighted by atomic mass is 9.85. The van der Waals surface area contributed by atoms with Crippen LogP contribution in [-0.2, 0) is 14.4 Å². The Morgan fingerprint density at radius 2 is 2.24 bits per heavy atom. The quantitative estimate of drug-likeness (QED) is 0.606. The maximum absolute atomic E-state index is 11.9. The number of carboxylic acid groups (broad SMARTS) is 1. The van der Waals surface area contributed by atoms with Crippen molar-refractivity contribution in [1.29, 1.82) is 0 Å². The van der Waals surface area contributed by atoms with Gasteiger partial charge in [0.2, 0.25) is 11.8 Å². The summed E-state index contributed by atoms with van der Waals surface area (Å²) < 4.78 is 0. The third-order valence-electron chi connectivity index (χ3n) is 3.46. The number of nitrogens with zero attached hydrogens (tertiary/aromatic N) is 1. The second kappa shape index (κ2) is 6.31. The maximum atomic E-state index is 11.9. The Bertz CT molecular complexity index is 543. The van der Waals surface area contributed by atoms with Crippen molar-refractivity contribution in [1.82, 2.24) is 10.2 Å². The van der Waals surface area contributed by atoms with Crippen molar-refractivity contribution < 1.29 is 24.6 Å². The summed E-state index contributed by atoms with van der Waals surface area (Å²) in [6.07, 6.45) is 2.25. The summed E-state index contributed by atoms with van der Waals surface area (Å²) in [5.74, 6) is -1.90. The second-order valence-electron chi connectivity index (χ2n) is 4.80. The number of carboxylic acids is 1. The molecule has 8 heteroatoms. The lowest BCUT2D eigenvalue weighted by Gasteiger charge is -2.43. The normalized spacial score (nSPS) is 24.3. The molecule has 2 heterocycles. The number of carbonyl (C=O) groups excluding carboxylic acids is 2. The van der Waals surface area contributed by atoms with Crippen LogP contribution < -0.4 is 5.32 Å². The van der Waals surface area contributed by atoms with E-state index in [4.69, 9.17) is 5.11 Å². The van der Waals surface area contributed by atoms with Gasteiger partial charge < -0.3 is 20.4 Å². The number of carbonyl (C=O) groups is 3.